The van der Waals surface area contributed by atoms with Gasteiger partial charge in [0.15, 0.2) is 15.5 Å². The minimum absolute atomic E-state index is 0.115. The predicted octanol–water partition coefficient (Wildman–Crippen LogP) is 2.20. The molecular formula is C19H12BrN3O5S2. The van der Waals surface area contributed by atoms with Crippen molar-refractivity contribution >= 4 is 56.9 Å². The monoisotopic (exact) mass is 505 g/mol. The number of phenolic OH excluding ortho intramolecular Hbond substituents is 1. The van der Waals surface area contributed by atoms with Gasteiger partial charge in [0.2, 0.25) is 5.88 Å². The summed E-state index contributed by atoms with van der Waals surface area (Å²) in [5, 5.41) is 21.5. The smallest absolute Gasteiger partial charge is 0.279 e. The summed E-state index contributed by atoms with van der Waals surface area (Å²) in [5.74, 6) is -1.47. The third-order valence-electron chi connectivity index (χ3n) is 4.33. The van der Waals surface area contributed by atoms with Gasteiger partial charge in [0.25, 0.3) is 11.8 Å². The van der Waals surface area contributed by atoms with Gasteiger partial charge in [0.05, 0.1) is 18.0 Å². The zero-order chi connectivity index (χ0) is 21.6. The molecular weight excluding hydrogens is 494 g/mol. The number of carbonyl (C=O) groups excluding carboxylic acids is 2. The van der Waals surface area contributed by atoms with Crippen LogP contribution in [0.4, 0.5) is 0 Å². The average Bonchev–Trinajstić information content (AvgIpc) is 3.17. The van der Waals surface area contributed by atoms with Gasteiger partial charge in [-0.1, -0.05) is 27.3 Å². The Bertz CT molecular complexity index is 1410. The average molecular weight is 506 g/mol. The molecule has 2 aromatic carbocycles. The van der Waals surface area contributed by atoms with Crippen LogP contribution in [0.2, 0.25) is 0 Å². The van der Waals surface area contributed by atoms with Crippen molar-refractivity contribution in [3.8, 4) is 17.4 Å². The van der Waals surface area contributed by atoms with Gasteiger partial charge < -0.3 is 14.9 Å². The van der Waals surface area contributed by atoms with Gasteiger partial charge in [0, 0.05) is 15.3 Å². The summed E-state index contributed by atoms with van der Waals surface area (Å²) >= 11 is 9.61. The predicted molar refractivity (Wildman–Crippen MR) is 116 cm³/mol. The second-order valence-electron chi connectivity index (χ2n) is 6.14. The van der Waals surface area contributed by atoms with Gasteiger partial charge in [-0.25, -0.2) is 4.99 Å². The molecule has 11 heteroatoms. The first-order valence-corrected chi connectivity index (χ1v) is 10.4. The highest BCUT2D eigenvalue weighted by atomic mass is 79.9. The van der Waals surface area contributed by atoms with Crippen molar-refractivity contribution in [3.63, 3.8) is 0 Å². The molecule has 2 amide bonds. The topological polar surface area (TPSA) is 113 Å². The SMILES string of the molecule is COc1cc(C(=O)Nn2c(O)c(C3=c4cc(Br)ccc4=NC3=O)sc2=S)ccc1O. The number of hydrogen-bond acceptors (Lipinski definition) is 7. The number of thiazole rings is 1. The highest BCUT2D eigenvalue weighted by Crippen LogP contribution is 2.32. The minimum Gasteiger partial charge on any atom is -0.504 e. The van der Waals surface area contributed by atoms with Crippen LogP contribution in [0.25, 0.3) is 5.57 Å². The molecule has 0 aliphatic carbocycles. The molecule has 1 aliphatic heterocycles. The Hall–Kier alpha value is -3.02. The van der Waals surface area contributed by atoms with Crippen LogP contribution in [-0.2, 0) is 4.79 Å². The number of hydrogen-bond donors (Lipinski definition) is 3. The Morgan fingerprint density at radius 1 is 1.27 bits per heavy atom. The van der Waals surface area contributed by atoms with Gasteiger partial charge in [-0.3, -0.25) is 15.0 Å². The first kappa shape index (κ1) is 20.3. The second-order valence-corrected chi connectivity index (χ2v) is 8.70. The van der Waals surface area contributed by atoms with Crippen LogP contribution in [0.3, 0.4) is 0 Å². The van der Waals surface area contributed by atoms with E-state index in [0.717, 1.165) is 20.5 Å². The van der Waals surface area contributed by atoms with Crippen molar-refractivity contribution in [1.82, 2.24) is 4.68 Å². The van der Waals surface area contributed by atoms with Gasteiger partial charge >= 0.3 is 0 Å². The molecule has 0 atom stereocenters. The molecule has 1 aliphatic rings. The van der Waals surface area contributed by atoms with Crippen LogP contribution in [0.5, 0.6) is 17.4 Å². The number of amides is 2. The standard InChI is InChI=1S/C19H12BrN3O5S2/c1-28-13-6-8(2-5-12(13)24)16(25)22-23-18(27)15(30-19(23)29)14-10-7-9(20)3-4-11(10)21-17(14)26/h2-7,24,27H,1H3,(H,22,25). The molecule has 30 heavy (non-hydrogen) atoms. The molecule has 0 fully saturated rings. The Morgan fingerprint density at radius 2 is 2.03 bits per heavy atom. The number of aromatic hydroxyl groups is 2. The summed E-state index contributed by atoms with van der Waals surface area (Å²) in [4.78, 5) is 29.3. The number of halogens is 1. The summed E-state index contributed by atoms with van der Waals surface area (Å²) in [6, 6.07) is 9.24. The molecule has 0 radical (unpaired) electrons. The van der Waals surface area contributed by atoms with Crippen molar-refractivity contribution in [3.05, 3.63) is 65.8 Å². The van der Waals surface area contributed by atoms with Crippen LogP contribution >= 0.6 is 39.5 Å². The van der Waals surface area contributed by atoms with E-state index in [1.165, 1.54) is 25.3 Å². The van der Waals surface area contributed by atoms with Crippen LogP contribution < -0.4 is 20.7 Å². The number of carbonyl (C=O) groups is 2. The van der Waals surface area contributed by atoms with Crippen molar-refractivity contribution in [2.75, 3.05) is 12.5 Å². The van der Waals surface area contributed by atoms with Crippen LogP contribution in [0, 0.1) is 3.95 Å². The highest BCUT2D eigenvalue weighted by molar-refractivity contribution is 9.10. The normalized spacial score (nSPS) is 12.5. The minimum atomic E-state index is -0.598. The van der Waals surface area contributed by atoms with Crippen molar-refractivity contribution in [1.29, 1.82) is 0 Å². The zero-order valence-electron chi connectivity index (χ0n) is 15.2. The summed E-state index contributed by atoms with van der Waals surface area (Å²) < 4.78 is 6.90. The fraction of sp³-hybridized carbons (Fsp3) is 0.0526. The number of aromatic nitrogens is 1. The molecule has 0 bridgehead atoms. The van der Waals surface area contributed by atoms with E-state index in [1.54, 1.807) is 18.2 Å². The van der Waals surface area contributed by atoms with Crippen molar-refractivity contribution < 1.29 is 24.5 Å². The van der Waals surface area contributed by atoms with E-state index in [4.69, 9.17) is 17.0 Å². The van der Waals surface area contributed by atoms with E-state index >= 15 is 0 Å². The lowest BCUT2D eigenvalue weighted by Gasteiger charge is -2.09. The first-order chi connectivity index (χ1) is 14.3. The Balaban J connectivity index is 1.76. The molecule has 3 N–H and O–H groups in total. The summed E-state index contributed by atoms with van der Waals surface area (Å²) in [6.45, 7) is 0. The first-order valence-electron chi connectivity index (χ1n) is 8.36. The van der Waals surface area contributed by atoms with Crippen LogP contribution in [0.15, 0.2) is 45.9 Å². The number of nitrogens with zero attached hydrogens (tertiary/aromatic N) is 2. The third-order valence-corrected chi connectivity index (χ3v) is 6.21. The quantitative estimate of drug-likeness (QED) is 0.468. The lowest BCUT2D eigenvalue weighted by atomic mass is 10.1. The molecule has 3 aromatic rings. The maximum absolute atomic E-state index is 12.6. The molecule has 0 unspecified atom stereocenters. The summed E-state index contributed by atoms with van der Waals surface area (Å²) in [7, 11) is 1.36. The van der Waals surface area contributed by atoms with Crippen molar-refractivity contribution in [2.24, 2.45) is 4.99 Å². The Morgan fingerprint density at radius 3 is 2.77 bits per heavy atom. The van der Waals surface area contributed by atoms with Crippen molar-refractivity contribution in [2.45, 2.75) is 0 Å². The molecule has 1 aromatic heterocycles. The van der Waals surface area contributed by atoms with Crippen LogP contribution in [-0.4, -0.2) is 33.8 Å². The highest BCUT2D eigenvalue weighted by Gasteiger charge is 2.26. The largest absolute Gasteiger partial charge is 0.504 e. The van der Waals surface area contributed by atoms with E-state index in [1.807, 2.05) is 0 Å². The third kappa shape index (κ3) is 3.40. The lowest BCUT2D eigenvalue weighted by molar-refractivity contribution is -0.112. The molecule has 0 saturated heterocycles. The fourth-order valence-electron chi connectivity index (χ4n) is 2.92. The molecule has 152 valence electrons. The molecule has 2 heterocycles. The van der Waals surface area contributed by atoms with E-state index < -0.39 is 11.8 Å². The van der Waals surface area contributed by atoms with E-state index in [0.29, 0.717) is 10.6 Å². The number of rotatable bonds is 4. The molecule has 0 spiro atoms. The molecule has 4 rings (SSSR count). The maximum atomic E-state index is 12.6. The fourth-order valence-corrected chi connectivity index (χ4v) is 4.54. The number of ether oxygens (including phenoxy) is 1. The van der Waals surface area contributed by atoms with Gasteiger partial charge in [-0.15, -0.1) is 0 Å². The van der Waals surface area contributed by atoms with Gasteiger partial charge in [0.1, 0.15) is 4.88 Å². The summed E-state index contributed by atoms with van der Waals surface area (Å²) in [5.41, 5.74) is 2.87. The molecule has 0 saturated carbocycles. The zero-order valence-corrected chi connectivity index (χ0v) is 18.4. The van der Waals surface area contributed by atoms with Gasteiger partial charge in [-0.05, 0) is 48.6 Å². The number of benzene rings is 2. The lowest BCUT2D eigenvalue weighted by Crippen LogP contribution is -2.23. The second kappa shape index (κ2) is 7.67. The maximum Gasteiger partial charge on any atom is 0.279 e. The van der Waals surface area contributed by atoms with Gasteiger partial charge in [-0.2, -0.15) is 4.68 Å². The summed E-state index contributed by atoms with van der Waals surface area (Å²) in [6.07, 6.45) is 0. The van der Waals surface area contributed by atoms with E-state index in [-0.39, 0.29) is 37.3 Å². The van der Waals surface area contributed by atoms with Crippen LogP contribution in [0.1, 0.15) is 15.2 Å². The van der Waals surface area contributed by atoms with E-state index in [9.17, 15) is 19.8 Å². The Labute approximate surface area is 186 Å². The number of methoxy groups -OCH3 is 1. The van der Waals surface area contributed by atoms with E-state index in [2.05, 4.69) is 26.3 Å². The molecule has 8 nitrogen and oxygen atoms in total. The number of nitrogens with one attached hydrogen (secondary N) is 1. The number of phenols is 1. The Kier molecular flexibility index (Phi) is 5.18. The number of fused-ring (bicyclic) bond motifs is 1.